The van der Waals surface area contributed by atoms with Crippen molar-refractivity contribution >= 4 is 11.7 Å². The van der Waals surface area contributed by atoms with E-state index >= 15 is 0 Å². The van der Waals surface area contributed by atoms with Gasteiger partial charge < -0.3 is 18.9 Å². The van der Waals surface area contributed by atoms with Crippen LogP contribution in [0, 0.1) is 19.8 Å². The molecular formula is C27H35N3O4. The number of fused-ring (bicyclic) bond motifs is 1. The molecule has 1 aromatic carbocycles. The Labute approximate surface area is 201 Å². The lowest BCUT2D eigenvalue weighted by atomic mass is 9.94. The maximum atomic E-state index is 13.2. The Bertz CT molecular complexity index is 1060. The minimum absolute atomic E-state index is 0.112. The Morgan fingerprint density at radius 2 is 1.62 bits per heavy atom. The van der Waals surface area contributed by atoms with Gasteiger partial charge in [0.25, 0.3) is 0 Å². The number of piperidine rings is 1. The predicted molar refractivity (Wildman–Crippen MR) is 130 cm³/mol. The average molecular weight is 466 g/mol. The van der Waals surface area contributed by atoms with Crippen LogP contribution in [-0.4, -0.2) is 65.6 Å². The Balaban J connectivity index is 1.21. The number of carbonyl (C=O) groups excluding carboxylic acids is 2. The molecule has 3 aliphatic rings. The van der Waals surface area contributed by atoms with Crippen molar-refractivity contribution in [3.63, 3.8) is 0 Å². The molecule has 0 radical (unpaired) electrons. The second-order valence-corrected chi connectivity index (χ2v) is 9.87. The number of ketones is 1. The van der Waals surface area contributed by atoms with Crippen LogP contribution in [0.1, 0.15) is 60.3 Å². The first-order valence-corrected chi connectivity index (χ1v) is 12.6. The molecule has 0 atom stereocenters. The van der Waals surface area contributed by atoms with Crippen molar-refractivity contribution in [1.82, 2.24) is 14.4 Å². The largest absolute Gasteiger partial charge is 0.454 e. The zero-order chi connectivity index (χ0) is 23.7. The first-order chi connectivity index (χ1) is 16.5. The van der Waals surface area contributed by atoms with Crippen molar-refractivity contribution in [2.45, 2.75) is 52.4 Å². The molecule has 0 saturated carbocycles. The van der Waals surface area contributed by atoms with Crippen LogP contribution < -0.4 is 9.47 Å². The number of nitrogens with zero attached hydrogens (tertiary/aromatic N) is 3. The Morgan fingerprint density at radius 1 is 0.912 bits per heavy atom. The predicted octanol–water partition coefficient (Wildman–Crippen LogP) is 4.12. The van der Waals surface area contributed by atoms with Crippen LogP contribution in [0.25, 0.3) is 5.69 Å². The van der Waals surface area contributed by atoms with Gasteiger partial charge in [0.05, 0.1) is 6.54 Å². The molecule has 0 spiro atoms. The molecule has 182 valence electrons. The molecule has 0 bridgehead atoms. The first-order valence-electron chi connectivity index (χ1n) is 12.6. The molecule has 5 rings (SSSR count). The van der Waals surface area contributed by atoms with Crippen molar-refractivity contribution in [2.75, 3.05) is 39.5 Å². The van der Waals surface area contributed by atoms with E-state index < -0.39 is 0 Å². The summed E-state index contributed by atoms with van der Waals surface area (Å²) in [6.07, 6.45) is 6.42. The number of aromatic nitrogens is 1. The van der Waals surface area contributed by atoms with Gasteiger partial charge in [-0.2, -0.15) is 0 Å². The topological polar surface area (TPSA) is 64.0 Å². The summed E-state index contributed by atoms with van der Waals surface area (Å²) in [5.41, 5.74) is 3.68. The zero-order valence-electron chi connectivity index (χ0n) is 20.3. The lowest BCUT2D eigenvalue weighted by molar-refractivity contribution is -0.137. The number of hydrogen-bond donors (Lipinski definition) is 0. The van der Waals surface area contributed by atoms with Gasteiger partial charge in [0, 0.05) is 47.7 Å². The van der Waals surface area contributed by atoms with Gasteiger partial charge in [-0.05, 0) is 70.8 Å². The van der Waals surface area contributed by atoms with E-state index in [1.807, 2.05) is 38.1 Å². The average Bonchev–Trinajstić information content (AvgIpc) is 3.31. The summed E-state index contributed by atoms with van der Waals surface area (Å²) in [5.74, 6) is 2.06. The van der Waals surface area contributed by atoms with E-state index in [0.29, 0.717) is 12.5 Å². The van der Waals surface area contributed by atoms with Gasteiger partial charge in [0.1, 0.15) is 0 Å². The maximum Gasteiger partial charge on any atom is 0.231 e. The van der Waals surface area contributed by atoms with Gasteiger partial charge in [0.15, 0.2) is 17.3 Å². The fourth-order valence-electron chi connectivity index (χ4n) is 5.64. The molecule has 1 aromatic heterocycles. The van der Waals surface area contributed by atoms with Crippen molar-refractivity contribution in [3.05, 3.63) is 41.2 Å². The van der Waals surface area contributed by atoms with Gasteiger partial charge in [-0.25, -0.2) is 0 Å². The lowest BCUT2D eigenvalue weighted by Crippen LogP contribution is -2.44. The normalized spacial score (nSPS) is 19.3. The summed E-state index contributed by atoms with van der Waals surface area (Å²) in [7, 11) is 0. The van der Waals surface area contributed by atoms with Gasteiger partial charge in [-0.1, -0.05) is 12.8 Å². The maximum absolute atomic E-state index is 13.2. The Morgan fingerprint density at radius 3 is 2.35 bits per heavy atom. The van der Waals surface area contributed by atoms with Crippen molar-refractivity contribution in [2.24, 2.45) is 5.92 Å². The smallest absolute Gasteiger partial charge is 0.231 e. The van der Waals surface area contributed by atoms with Gasteiger partial charge in [0.2, 0.25) is 12.7 Å². The van der Waals surface area contributed by atoms with E-state index in [4.69, 9.17) is 9.47 Å². The zero-order valence-corrected chi connectivity index (χ0v) is 20.3. The standard InChI is InChI=1S/C27H35N3O4/c1-19-15-23(20(2)30(19)22-7-8-25-26(16-22)34-18-33-25)24(31)17-28-13-9-21(10-14-28)27(32)29-11-5-3-4-6-12-29/h7-8,15-16,21H,3-6,9-14,17-18H2,1-2H3. The van der Waals surface area contributed by atoms with Crippen LogP contribution in [0.3, 0.4) is 0 Å². The van der Waals surface area contributed by atoms with E-state index in [1.54, 1.807) is 0 Å². The molecule has 0 N–H and O–H groups in total. The number of likely N-dealkylation sites (tertiary alicyclic amines) is 2. The van der Waals surface area contributed by atoms with Crippen molar-refractivity contribution in [1.29, 1.82) is 0 Å². The molecule has 1 amide bonds. The molecular weight excluding hydrogens is 430 g/mol. The van der Waals surface area contributed by atoms with Crippen molar-refractivity contribution < 1.29 is 19.1 Å². The van der Waals surface area contributed by atoms with Gasteiger partial charge in [-0.3, -0.25) is 14.5 Å². The Kier molecular flexibility index (Phi) is 6.63. The third kappa shape index (κ3) is 4.58. The SMILES string of the molecule is Cc1cc(C(=O)CN2CCC(C(=O)N3CCCCCC3)CC2)c(C)n1-c1ccc2c(c1)OCO2. The van der Waals surface area contributed by atoms with Crippen LogP contribution >= 0.6 is 0 Å². The molecule has 4 heterocycles. The third-order valence-corrected chi connectivity index (χ3v) is 7.57. The van der Waals surface area contributed by atoms with E-state index in [9.17, 15) is 9.59 Å². The van der Waals surface area contributed by atoms with Crippen LogP contribution in [0.2, 0.25) is 0 Å². The molecule has 7 nitrogen and oxygen atoms in total. The van der Waals surface area contributed by atoms with Crippen LogP contribution in [0.5, 0.6) is 11.5 Å². The van der Waals surface area contributed by atoms with E-state index in [-0.39, 0.29) is 18.5 Å². The van der Waals surface area contributed by atoms with Crippen LogP contribution in [-0.2, 0) is 4.79 Å². The summed E-state index contributed by atoms with van der Waals surface area (Å²) >= 11 is 0. The summed E-state index contributed by atoms with van der Waals surface area (Å²) in [5, 5.41) is 0. The molecule has 2 aromatic rings. The third-order valence-electron chi connectivity index (χ3n) is 7.57. The monoisotopic (exact) mass is 465 g/mol. The fourth-order valence-corrected chi connectivity index (χ4v) is 5.64. The quantitative estimate of drug-likeness (QED) is 0.622. The lowest BCUT2D eigenvalue weighted by Gasteiger charge is -2.33. The summed E-state index contributed by atoms with van der Waals surface area (Å²) in [6.45, 7) is 8.09. The van der Waals surface area contributed by atoms with Crippen molar-refractivity contribution in [3.8, 4) is 17.2 Å². The van der Waals surface area contributed by atoms with E-state index in [0.717, 1.165) is 86.0 Å². The number of hydrogen-bond acceptors (Lipinski definition) is 5. The number of rotatable bonds is 5. The van der Waals surface area contributed by atoms with Crippen LogP contribution in [0.4, 0.5) is 0 Å². The van der Waals surface area contributed by atoms with Gasteiger partial charge in [-0.15, -0.1) is 0 Å². The molecule has 34 heavy (non-hydrogen) atoms. The second-order valence-electron chi connectivity index (χ2n) is 9.87. The molecule has 7 heteroatoms. The highest BCUT2D eigenvalue weighted by molar-refractivity contribution is 5.99. The highest BCUT2D eigenvalue weighted by atomic mass is 16.7. The van der Waals surface area contributed by atoms with Crippen LogP contribution in [0.15, 0.2) is 24.3 Å². The molecule has 2 fully saturated rings. The highest BCUT2D eigenvalue weighted by Crippen LogP contribution is 2.35. The van der Waals surface area contributed by atoms with Gasteiger partial charge >= 0.3 is 0 Å². The number of ether oxygens (including phenoxy) is 2. The fraction of sp³-hybridized carbons (Fsp3) is 0.556. The molecule has 2 saturated heterocycles. The molecule has 3 aliphatic heterocycles. The summed E-state index contributed by atoms with van der Waals surface area (Å²) in [6, 6.07) is 7.85. The number of carbonyl (C=O) groups is 2. The Hall–Kier alpha value is -2.80. The second kappa shape index (κ2) is 9.82. The van der Waals surface area contributed by atoms with E-state index in [1.165, 1.54) is 12.8 Å². The number of Topliss-reactive ketones (excluding diaryl/α,β-unsaturated/α-hetero) is 1. The minimum atomic E-state index is 0.112. The minimum Gasteiger partial charge on any atom is -0.454 e. The summed E-state index contributed by atoms with van der Waals surface area (Å²) in [4.78, 5) is 30.5. The number of aryl methyl sites for hydroxylation is 1. The summed E-state index contributed by atoms with van der Waals surface area (Å²) < 4.78 is 13.1. The first kappa shape index (κ1) is 23.0. The number of amides is 1. The molecule has 0 aliphatic carbocycles. The van der Waals surface area contributed by atoms with E-state index in [2.05, 4.69) is 14.4 Å². The highest BCUT2D eigenvalue weighted by Gasteiger charge is 2.30. The number of benzene rings is 1. The molecule has 0 unspecified atom stereocenters.